The van der Waals surface area contributed by atoms with Crippen LogP contribution < -0.4 is 10.9 Å². The third-order valence-electron chi connectivity index (χ3n) is 4.86. The lowest BCUT2D eigenvalue weighted by atomic mass is 10.2. The Morgan fingerprint density at radius 3 is 2.75 bits per heavy atom. The van der Waals surface area contributed by atoms with Crippen molar-refractivity contribution in [3.8, 4) is 0 Å². The smallest absolute Gasteiger partial charge is 0.262 e. The molecule has 2 aromatic carbocycles. The van der Waals surface area contributed by atoms with E-state index in [-0.39, 0.29) is 30.5 Å². The number of nitrogens with zero attached hydrogens (tertiary/aromatic N) is 4. The Bertz CT molecular complexity index is 1370. The number of halogens is 2. The van der Waals surface area contributed by atoms with Crippen molar-refractivity contribution in [2.45, 2.75) is 43.8 Å². The zero-order chi connectivity index (χ0) is 22.8. The van der Waals surface area contributed by atoms with E-state index < -0.39 is 5.82 Å². The first-order valence-corrected chi connectivity index (χ1v) is 11.4. The van der Waals surface area contributed by atoms with E-state index in [4.69, 9.17) is 11.6 Å². The Morgan fingerprint density at radius 2 is 2.00 bits per heavy atom. The first kappa shape index (κ1) is 22.3. The van der Waals surface area contributed by atoms with Crippen molar-refractivity contribution >= 4 is 46.0 Å². The second-order valence-corrected chi connectivity index (χ2v) is 8.94. The van der Waals surface area contributed by atoms with Gasteiger partial charge < -0.3 is 5.32 Å². The summed E-state index contributed by atoms with van der Waals surface area (Å²) in [4.78, 5) is 25.3. The minimum Gasteiger partial charge on any atom is -0.354 e. The molecule has 4 rings (SSSR count). The van der Waals surface area contributed by atoms with Gasteiger partial charge in [-0.05, 0) is 43.7 Å². The van der Waals surface area contributed by atoms with Crippen LogP contribution in [-0.4, -0.2) is 31.1 Å². The normalized spacial score (nSPS) is 11.5. The summed E-state index contributed by atoms with van der Waals surface area (Å²) in [5.74, 6) is 0.273. The molecule has 0 spiro atoms. The number of amides is 1. The Morgan fingerprint density at radius 1 is 1.22 bits per heavy atom. The molecule has 0 fully saturated rings. The number of carbonyl (C=O) groups is 1. The standard InChI is InChI=1S/C22H21ClFN5O2S/c1-13(2)25-19(30)9-10-28-20(31)16-5-3-4-6-18(16)29-21(28)26-27-22(29)32-12-14-7-8-15(24)11-17(14)23/h3-8,11,13H,9-10,12H2,1-2H3,(H,25,30). The van der Waals surface area contributed by atoms with Gasteiger partial charge in [-0.2, -0.15) is 0 Å². The Labute approximate surface area is 192 Å². The van der Waals surface area contributed by atoms with Gasteiger partial charge >= 0.3 is 0 Å². The third-order valence-corrected chi connectivity index (χ3v) is 6.19. The molecular weight excluding hydrogens is 453 g/mol. The maximum atomic E-state index is 13.3. The molecule has 7 nitrogen and oxygen atoms in total. The van der Waals surface area contributed by atoms with Crippen molar-refractivity contribution in [1.29, 1.82) is 0 Å². The monoisotopic (exact) mass is 473 g/mol. The molecule has 4 aromatic rings. The molecule has 0 saturated carbocycles. The molecule has 32 heavy (non-hydrogen) atoms. The van der Waals surface area contributed by atoms with Crippen molar-refractivity contribution in [3.05, 3.63) is 69.2 Å². The maximum Gasteiger partial charge on any atom is 0.262 e. The Balaban J connectivity index is 1.73. The average Bonchev–Trinajstić information content (AvgIpc) is 3.16. The quantitative estimate of drug-likeness (QED) is 0.410. The van der Waals surface area contributed by atoms with E-state index in [0.717, 1.165) is 5.56 Å². The summed E-state index contributed by atoms with van der Waals surface area (Å²) in [6.45, 7) is 3.94. The van der Waals surface area contributed by atoms with Gasteiger partial charge in [-0.3, -0.25) is 18.6 Å². The first-order valence-electron chi connectivity index (χ1n) is 10.1. The lowest BCUT2D eigenvalue weighted by molar-refractivity contribution is -0.121. The number of fused-ring (bicyclic) bond motifs is 3. The molecule has 0 radical (unpaired) electrons. The van der Waals surface area contributed by atoms with Crippen molar-refractivity contribution in [2.24, 2.45) is 0 Å². The fourth-order valence-corrected chi connectivity index (χ4v) is 4.67. The van der Waals surface area contributed by atoms with Crippen LogP contribution in [-0.2, 0) is 17.1 Å². The minimum atomic E-state index is -0.395. The molecule has 0 unspecified atom stereocenters. The van der Waals surface area contributed by atoms with E-state index >= 15 is 0 Å². The summed E-state index contributed by atoms with van der Waals surface area (Å²) in [6, 6.07) is 11.5. The number of hydrogen-bond donors (Lipinski definition) is 1. The highest BCUT2D eigenvalue weighted by atomic mass is 35.5. The van der Waals surface area contributed by atoms with Gasteiger partial charge in [0.25, 0.3) is 5.56 Å². The van der Waals surface area contributed by atoms with Gasteiger partial charge in [-0.25, -0.2) is 4.39 Å². The fourth-order valence-electron chi connectivity index (χ4n) is 3.42. The molecule has 1 amide bonds. The number of rotatable bonds is 7. The van der Waals surface area contributed by atoms with Gasteiger partial charge in [0.15, 0.2) is 5.16 Å². The topological polar surface area (TPSA) is 81.3 Å². The van der Waals surface area contributed by atoms with Crippen LogP contribution in [0.25, 0.3) is 16.7 Å². The maximum absolute atomic E-state index is 13.3. The summed E-state index contributed by atoms with van der Waals surface area (Å²) < 4.78 is 16.6. The average molecular weight is 474 g/mol. The minimum absolute atomic E-state index is 0.0187. The molecule has 2 aromatic heterocycles. The predicted octanol–water partition coefficient (Wildman–Crippen LogP) is 4.04. The van der Waals surface area contributed by atoms with Gasteiger partial charge in [0.05, 0.1) is 10.9 Å². The number of aryl methyl sites for hydroxylation is 1. The molecule has 0 aliphatic heterocycles. The zero-order valence-electron chi connectivity index (χ0n) is 17.5. The summed E-state index contributed by atoms with van der Waals surface area (Å²) in [7, 11) is 0. The van der Waals surface area contributed by atoms with E-state index in [1.807, 2.05) is 26.0 Å². The second-order valence-electron chi connectivity index (χ2n) is 7.59. The Kier molecular flexibility index (Phi) is 6.48. The molecular formula is C22H21ClFN5O2S. The van der Waals surface area contributed by atoms with E-state index in [9.17, 15) is 14.0 Å². The molecule has 166 valence electrons. The molecule has 0 saturated heterocycles. The lowest BCUT2D eigenvalue weighted by Crippen LogP contribution is -2.32. The van der Waals surface area contributed by atoms with Gasteiger partial charge in [0.2, 0.25) is 11.7 Å². The van der Waals surface area contributed by atoms with Crippen LogP contribution in [0.4, 0.5) is 4.39 Å². The lowest BCUT2D eigenvalue weighted by Gasteiger charge is -2.12. The van der Waals surface area contributed by atoms with Crippen LogP contribution in [0.1, 0.15) is 25.8 Å². The van der Waals surface area contributed by atoms with Crippen molar-refractivity contribution < 1.29 is 9.18 Å². The highest BCUT2D eigenvalue weighted by molar-refractivity contribution is 7.98. The van der Waals surface area contributed by atoms with Crippen LogP contribution in [0.5, 0.6) is 0 Å². The molecule has 0 bridgehead atoms. The van der Waals surface area contributed by atoms with Gasteiger partial charge in [-0.1, -0.05) is 41.6 Å². The van der Waals surface area contributed by atoms with Crippen LogP contribution in [0.15, 0.2) is 52.4 Å². The summed E-state index contributed by atoms with van der Waals surface area (Å²) >= 11 is 7.54. The number of hydrogen-bond acceptors (Lipinski definition) is 5. The molecule has 0 aliphatic rings. The molecule has 2 heterocycles. The van der Waals surface area contributed by atoms with E-state index in [1.54, 1.807) is 22.6 Å². The van der Waals surface area contributed by atoms with Crippen LogP contribution in [0.3, 0.4) is 0 Å². The number of aromatic nitrogens is 4. The van der Waals surface area contributed by atoms with E-state index in [2.05, 4.69) is 15.5 Å². The Hall–Kier alpha value is -2.91. The number of thioether (sulfide) groups is 1. The summed E-state index contributed by atoms with van der Waals surface area (Å²) in [5.41, 5.74) is 1.21. The second kappa shape index (κ2) is 9.30. The number of nitrogens with one attached hydrogen (secondary N) is 1. The van der Waals surface area contributed by atoms with E-state index in [1.165, 1.54) is 28.5 Å². The summed E-state index contributed by atoms with van der Waals surface area (Å²) in [6.07, 6.45) is 0.145. The largest absolute Gasteiger partial charge is 0.354 e. The molecule has 0 atom stereocenters. The van der Waals surface area contributed by atoms with Crippen LogP contribution >= 0.6 is 23.4 Å². The van der Waals surface area contributed by atoms with E-state index in [0.29, 0.717) is 32.6 Å². The fraction of sp³-hybridized carbons (Fsp3) is 0.273. The summed E-state index contributed by atoms with van der Waals surface area (Å²) in [5, 5.41) is 12.8. The van der Waals surface area contributed by atoms with Crippen molar-refractivity contribution in [3.63, 3.8) is 0 Å². The van der Waals surface area contributed by atoms with Crippen molar-refractivity contribution in [1.82, 2.24) is 24.5 Å². The SMILES string of the molecule is CC(C)NC(=O)CCn1c(=O)c2ccccc2n2c(SCc3ccc(F)cc3Cl)nnc12. The molecule has 10 heteroatoms. The third kappa shape index (κ3) is 4.49. The number of benzene rings is 2. The zero-order valence-corrected chi connectivity index (χ0v) is 19.1. The van der Waals surface area contributed by atoms with Crippen molar-refractivity contribution in [2.75, 3.05) is 0 Å². The van der Waals surface area contributed by atoms with Crippen LogP contribution in [0, 0.1) is 5.82 Å². The number of carbonyl (C=O) groups excluding carboxylic acids is 1. The first-order chi connectivity index (χ1) is 15.3. The van der Waals surface area contributed by atoms with Gasteiger partial charge in [0, 0.05) is 29.8 Å². The molecule has 1 N–H and O–H groups in total. The highest BCUT2D eigenvalue weighted by Gasteiger charge is 2.18. The van der Waals surface area contributed by atoms with Gasteiger partial charge in [-0.15, -0.1) is 10.2 Å². The van der Waals surface area contributed by atoms with Crippen LogP contribution in [0.2, 0.25) is 5.02 Å². The van der Waals surface area contributed by atoms with Gasteiger partial charge in [0.1, 0.15) is 5.82 Å². The highest BCUT2D eigenvalue weighted by Crippen LogP contribution is 2.28. The predicted molar refractivity (Wildman–Crippen MR) is 124 cm³/mol. The number of para-hydroxylation sites is 1. The molecule has 0 aliphatic carbocycles.